The largest absolute Gasteiger partial charge is 0.385 e. The van der Waals surface area contributed by atoms with E-state index in [2.05, 4.69) is 29.6 Å². The quantitative estimate of drug-likeness (QED) is 0.833. The Hall–Kier alpha value is -1.02. The number of benzene rings is 1. The van der Waals surface area contributed by atoms with Crippen LogP contribution < -0.4 is 5.32 Å². The number of ether oxygens (including phenoxy) is 1. The van der Waals surface area contributed by atoms with E-state index in [0.29, 0.717) is 0 Å². The van der Waals surface area contributed by atoms with E-state index >= 15 is 0 Å². The molecular formula is C18H25NO. The minimum absolute atomic E-state index is 0.264. The van der Waals surface area contributed by atoms with E-state index in [1.54, 1.807) is 0 Å². The molecule has 2 atom stereocenters. The van der Waals surface area contributed by atoms with Gasteiger partial charge in [0.2, 0.25) is 0 Å². The maximum absolute atomic E-state index is 6.20. The van der Waals surface area contributed by atoms with Gasteiger partial charge in [-0.15, -0.1) is 0 Å². The summed E-state index contributed by atoms with van der Waals surface area (Å²) in [4.78, 5) is 0. The summed E-state index contributed by atoms with van der Waals surface area (Å²) < 4.78 is 6.20. The molecule has 2 heteroatoms. The molecule has 1 N–H and O–H groups in total. The summed E-state index contributed by atoms with van der Waals surface area (Å²) in [6, 6.07) is 8.81. The molecule has 2 fully saturated rings. The molecule has 1 saturated carbocycles. The van der Waals surface area contributed by atoms with Crippen molar-refractivity contribution in [3.8, 4) is 0 Å². The fraction of sp³-hybridized carbons (Fsp3) is 0.667. The molecule has 1 aromatic carbocycles. The first-order chi connectivity index (χ1) is 9.85. The second-order valence-corrected chi connectivity index (χ2v) is 6.99. The van der Waals surface area contributed by atoms with Gasteiger partial charge in [0.15, 0.2) is 0 Å². The highest BCUT2D eigenvalue weighted by molar-refractivity contribution is 5.53. The maximum Gasteiger partial charge on any atom is 0.0685 e. The minimum atomic E-state index is 0.264. The molecule has 2 nitrogen and oxygen atoms in total. The molecule has 1 aromatic rings. The summed E-state index contributed by atoms with van der Waals surface area (Å²) in [5.74, 6) is 1.65. The molecule has 0 bridgehead atoms. The van der Waals surface area contributed by atoms with Crippen LogP contribution in [0.4, 0.5) is 5.69 Å². The molecule has 1 aliphatic carbocycles. The van der Waals surface area contributed by atoms with Gasteiger partial charge >= 0.3 is 0 Å². The number of anilines is 1. The minimum Gasteiger partial charge on any atom is -0.385 e. The summed E-state index contributed by atoms with van der Waals surface area (Å²) >= 11 is 0. The maximum atomic E-state index is 6.20. The second kappa shape index (κ2) is 5.07. The standard InChI is InChI=1S/C18H25NO/c1-2-6-17-14(5-1)11-16(13-19-17)15-7-10-20-18(12-15)8-3-4-9-18/h1-2,5-6,15-16,19H,3-4,7-13H2. The van der Waals surface area contributed by atoms with E-state index < -0.39 is 0 Å². The van der Waals surface area contributed by atoms with Gasteiger partial charge in [-0.3, -0.25) is 0 Å². The number of fused-ring (bicyclic) bond motifs is 1. The Bertz CT molecular complexity index is 478. The SMILES string of the molecule is c1ccc2c(c1)CC(C1CCOC3(CCCC3)C1)CN2. The van der Waals surface area contributed by atoms with E-state index in [1.807, 2.05) is 0 Å². The van der Waals surface area contributed by atoms with Gasteiger partial charge in [0.1, 0.15) is 0 Å². The molecule has 0 aromatic heterocycles. The van der Waals surface area contributed by atoms with E-state index in [9.17, 15) is 0 Å². The van der Waals surface area contributed by atoms with Crippen LogP contribution in [0.3, 0.4) is 0 Å². The average molecular weight is 271 g/mol. The average Bonchev–Trinajstić information content (AvgIpc) is 2.94. The van der Waals surface area contributed by atoms with E-state index in [1.165, 1.54) is 56.2 Å². The molecule has 3 aliphatic rings. The molecule has 4 rings (SSSR count). The van der Waals surface area contributed by atoms with Gasteiger partial charge in [-0.25, -0.2) is 0 Å². The van der Waals surface area contributed by atoms with Crippen LogP contribution in [-0.4, -0.2) is 18.8 Å². The number of para-hydroxylation sites is 1. The third-order valence-corrected chi connectivity index (χ3v) is 5.77. The van der Waals surface area contributed by atoms with Gasteiger partial charge in [0.25, 0.3) is 0 Å². The van der Waals surface area contributed by atoms with Crippen LogP contribution in [0.5, 0.6) is 0 Å². The van der Waals surface area contributed by atoms with Crippen LogP contribution in [0.25, 0.3) is 0 Å². The lowest BCUT2D eigenvalue weighted by Crippen LogP contribution is -2.42. The Morgan fingerprint density at radius 3 is 2.85 bits per heavy atom. The summed E-state index contributed by atoms with van der Waals surface area (Å²) in [6.45, 7) is 2.14. The molecule has 1 spiro atoms. The van der Waals surface area contributed by atoms with Crippen LogP contribution in [0.15, 0.2) is 24.3 Å². The zero-order chi connectivity index (χ0) is 13.4. The molecule has 0 amide bonds. The Labute approximate surface area is 121 Å². The highest BCUT2D eigenvalue weighted by atomic mass is 16.5. The first-order valence-electron chi connectivity index (χ1n) is 8.30. The molecule has 108 valence electrons. The van der Waals surface area contributed by atoms with Crippen molar-refractivity contribution < 1.29 is 4.74 Å². The predicted molar refractivity (Wildman–Crippen MR) is 82.0 cm³/mol. The third-order valence-electron chi connectivity index (χ3n) is 5.77. The fourth-order valence-electron chi connectivity index (χ4n) is 4.64. The lowest BCUT2D eigenvalue weighted by molar-refractivity contribution is -0.101. The molecule has 2 heterocycles. The van der Waals surface area contributed by atoms with Gasteiger partial charge < -0.3 is 10.1 Å². The summed E-state index contributed by atoms with van der Waals surface area (Å²) in [5.41, 5.74) is 3.13. The summed E-state index contributed by atoms with van der Waals surface area (Å²) in [6.07, 6.45) is 9.18. The molecular weight excluding hydrogens is 246 g/mol. The van der Waals surface area contributed by atoms with Gasteiger partial charge in [0.05, 0.1) is 5.60 Å². The summed E-state index contributed by atoms with van der Waals surface area (Å²) in [7, 11) is 0. The summed E-state index contributed by atoms with van der Waals surface area (Å²) in [5, 5.41) is 3.65. The van der Waals surface area contributed by atoms with Crippen molar-refractivity contribution in [2.24, 2.45) is 11.8 Å². The second-order valence-electron chi connectivity index (χ2n) is 6.99. The lowest BCUT2D eigenvalue weighted by atomic mass is 9.74. The zero-order valence-corrected chi connectivity index (χ0v) is 12.2. The smallest absolute Gasteiger partial charge is 0.0685 e. The van der Waals surface area contributed by atoms with Crippen molar-refractivity contribution in [2.45, 2.75) is 50.5 Å². The van der Waals surface area contributed by atoms with Gasteiger partial charge in [-0.05, 0) is 55.6 Å². The topological polar surface area (TPSA) is 21.3 Å². The Kier molecular flexibility index (Phi) is 3.22. The molecule has 20 heavy (non-hydrogen) atoms. The normalized spacial score (nSPS) is 31.8. The van der Waals surface area contributed by atoms with Crippen molar-refractivity contribution in [3.63, 3.8) is 0 Å². The highest BCUT2D eigenvalue weighted by Crippen LogP contribution is 2.45. The fourth-order valence-corrected chi connectivity index (χ4v) is 4.64. The number of hydrogen-bond donors (Lipinski definition) is 1. The van der Waals surface area contributed by atoms with Crippen molar-refractivity contribution >= 4 is 5.69 Å². The number of nitrogens with one attached hydrogen (secondary N) is 1. The molecule has 2 aliphatic heterocycles. The van der Waals surface area contributed by atoms with Crippen LogP contribution in [-0.2, 0) is 11.2 Å². The van der Waals surface area contributed by atoms with Crippen molar-refractivity contribution in [1.29, 1.82) is 0 Å². The van der Waals surface area contributed by atoms with Gasteiger partial charge in [-0.1, -0.05) is 31.0 Å². The van der Waals surface area contributed by atoms with Crippen LogP contribution >= 0.6 is 0 Å². The van der Waals surface area contributed by atoms with Gasteiger partial charge in [0, 0.05) is 18.8 Å². The van der Waals surface area contributed by atoms with Crippen molar-refractivity contribution in [1.82, 2.24) is 0 Å². The van der Waals surface area contributed by atoms with E-state index in [4.69, 9.17) is 4.74 Å². The number of hydrogen-bond acceptors (Lipinski definition) is 2. The van der Waals surface area contributed by atoms with Crippen molar-refractivity contribution in [2.75, 3.05) is 18.5 Å². The predicted octanol–water partition coefficient (Wildman–Crippen LogP) is 4.01. The highest BCUT2D eigenvalue weighted by Gasteiger charge is 2.42. The Morgan fingerprint density at radius 1 is 1.10 bits per heavy atom. The monoisotopic (exact) mass is 271 g/mol. The molecule has 0 radical (unpaired) electrons. The first kappa shape index (κ1) is 12.7. The van der Waals surface area contributed by atoms with E-state index in [0.717, 1.165) is 25.0 Å². The van der Waals surface area contributed by atoms with Crippen LogP contribution in [0, 0.1) is 11.8 Å². The Morgan fingerprint density at radius 2 is 1.95 bits per heavy atom. The molecule has 1 saturated heterocycles. The van der Waals surface area contributed by atoms with Crippen LogP contribution in [0.1, 0.15) is 44.1 Å². The molecule has 2 unspecified atom stereocenters. The lowest BCUT2D eigenvalue weighted by Gasteiger charge is -2.42. The van der Waals surface area contributed by atoms with E-state index in [-0.39, 0.29) is 5.60 Å². The Balaban J connectivity index is 1.48. The zero-order valence-electron chi connectivity index (χ0n) is 12.2. The van der Waals surface area contributed by atoms with Gasteiger partial charge in [-0.2, -0.15) is 0 Å². The number of rotatable bonds is 1. The third kappa shape index (κ3) is 2.24. The van der Waals surface area contributed by atoms with Crippen LogP contribution in [0.2, 0.25) is 0 Å². The van der Waals surface area contributed by atoms with Crippen molar-refractivity contribution in [3.05, 3.63) is 29.8 Å². The first-order valence-corrected chi connectivity index (χ1v) is 8.30.